The summed E-state index contributed by atoms with van der Waals surface area (Å²) in [6.45, 7) is 4.26. The smallest absolute Gasteiger partial charge is 0.146 e. The molecular weight excluding hydrogens is 404 g/mol. The van der Waals surface area contributed by atoms with Gasteiger partial charge in [-0.1, -0.05) is 30.3 Å². The lowest BCUT2D eigenvalue weighted by molar-refractivity contribution is 0.343. The molecule has 31 heavy (non-hydrogen) atoms. The summed E-state index contributed by atoms with van der Waals surface area (Å²) in [7, 11) is 2.08. The number of aliphatic imine (C=N–C) groups is 1. The highest BCUT2D eigenvalue weighted by Gasteiger charge is 2.22. The Bertz CT molecular complexity index is 1100. The van der Waals surface area contributed by atoms with E-state index in [1.54, 1.807) is 23.5 Å². The van der Waals surface area contributed by atoms with Crippen LogP contribution in [-0.4, -0.2) is 49.2 Å². The van der Waals surface area contributed by atoms with Crippen molar-refractivity contribution < 1.29 is 5.11 Å². The summed E-state index contributed by atoms with van der Waals surface area (Å²) in [5, 5.41) is 13.2. The minimum atomic E-state index is 0.247. The van der Waals surface area contributed by atoms with Gasteiger partial charge in [0, 0.05) is 30.2 Å². The number of benzene rings is 2. The van der Waals surface area contributed by atoms with Crippen molar-refractivity contribution in [2.24, 2.45) is 4.99 Å². The van der Waals surface area contributed by atoms with Crippen LogP contribution < -0.4 is 10.2 Å². The van der Waals surface area contributed by atoms with Crippen molar-refractivity contribution in [1.82, 2.24) is 4.90 Å². The molecule has 1 fully saturated rings. The number of fused-ring (bicyclic) bond motifs is 1. The molecule has 2 aromatic carbocycles. The number of nitrogens with zero attached hydrogens (tertiary/aromatic N) is 3. The third-order valence-electron chi connectivity index (χ3n) is 6.02. The molecule has 0 atom stereocenters. The molecule has 0 saturated carbocycles. The lowest BCUT2D eigenvalue weighted by atomic mass is 10.1. The molecule has 6 heteroatoms. The number of thiophene rings is 1. The largest absolute Gasteiger partial charge is 0.508 e. The van der Waals surface area contributed by atoms with E-state index >= 15 is 0 Å². The molecule has 1 saturated heterocycles. The average Bonchev–Trinajstić information content (AvgIpc) is 3.45. The second kappa shape index (κ2) is 8.73. The first kappa shape index (κ1) is 20.1. The van der Waals surface area contributed by atoms with Gasteiger partial charge in [-0.3, -0.25) is 0 Å². The van der Waals surface area contributed by atoms with Crippen molar-refractivity contribution in [1.29, 1.82) is 0 Å². The van der Waals surface area contributed by atoms with Gasteiger partial charge in [-0.2, -0.15) is 0 Å². The second-order valence-corrected chi connectivity index (χ2v) is 9.40. The van der Waals surface area contributed by atoms with Crippen molar-refractivity contribution in [3.8, 4) is 16.2 Å². The fraction of sp³-hybridized carbons (Fsp3) is 0.320. The number of amidine groups is 1. The third-order valence-corrected chi connectivity index (χ3v) is 7.20. The van der Waals surface area contributed by atoms with Crippen LogP contribution in [0.5, 0.6) is 5.75 Å². The van der Waals surface area contributed by atoms with Crippen LogP contribution >= 0.6 is 11.3 Å². The number of likely N-dealkylation sites (tertiary alicyclic amines) is 1. The van der Waals surface area contributed by atoms with Crippen molar-refractivity contribution in [3.63, 3.8) is 0 Å². The van der Waals surface area contributed by atoms with Crippen LogP contribution in [0.1, 0.15) is 23.3 Å². The molecule has 3 aromatic rings. The molecule has 0 aliphatic carbocycles. The number of hydrogen-bond acceptors (Lipinski definition) is 6. The van der Waals surface area contributed by atoms with Gasteiger partial charge in [0.2, 0.25) is 0 Å². The number of rotatable bonds is 5. The highest BCUT2D eigenvalue weighted by molar-refractivity contribution is 7.18. The van der Waals surface area contributed by atoms with Crippen LogP contribution in [0.4, 0.5) is 11.4 Å². The van der Waals surface area contributed by atoms with Gasteiger partial charge in [0.25, 0.3) is 0 Å². The summed E-state index contributed by atoms with van der Waals surface area (Å²) >= 11 is 1.77. The maximum absolute atomic E-state index is 9.78. The quantitative estimate of drug-likeness (QED) is 0.594. The van der Waals surface area contributed by atoms with Gasteiger partial charge in [0.1, 0.15) is 18.3 Å². The highest BCUT2D eigenvalue weighted by atomic mass is 32.1. The fourth-order valence-electron chi connectivity index (χ4n) is 4.29. The molecule has 0 bridgehead atoms. The summed E-state index contributed by atoms with van der Waals surface area (Å²) in [5.41, 5.74) is 4.70. The van der Waals surface area contributed by atoms with Crippen LogP contribution in [0.25, 0.3) is 10.4 Å². The first-order valence-electron chi connectivity index (χ1n) is 10.9. The van der Waals surface area contributed by atoms with Crippen LogP contribution in [-0.2, 0) is 6.42 Å². The molecule has 0 unspecified atom stereocenters. The summed E-state index contributed by atoms with van der Waals surface area (Å²) in [4.78, 5) is 11.9. The van der Waals surface area contributed by atoms with Gasteiger partial charge >= 0.3 is 0 Å². The molecule has 5 nitrogen and oxygen atoms in total. The lowest BCUT2D eigenvalue weighted by Gasteiger charge is -2.23. The van der Waals surface area contributed by atoms with E-state index in [2.05, 4.69) is 52.5 Å². The summed E-state index contributed by atoms with van der Waals surface area (Å²) in [5.74, 6) is 1.11. The zero-order valence-corrected chi connectivity index (χ0v) is 18.7. The number of anilines is 2. The number of aromatic hydroxyl groups is 1. The molecular formula is C25H28N4OS. The Labute approximate surface area is 187 Å². The number of phenols is 1. The van der Waals surface area contributed by atoms with Crippen LogP contribution in [0.15, 0.2) is 59.6 Å². The topological polar surface area (TPSA) is 51.1 Å². The molecule has 1 aromatic heterocycles. The van der Waals surface area contributed by atoms with E-state index in [4.69, 9.17) is 4.99 Å². The molecule has 2 aliphatic rings. The Balaban J connectivity index is 1.38. The van der Waals surface area contributed by atoms with E-state index in [0.717, 1.165) is 29.4 Å². The van der Waals surface area contributed by atoms with Gasteiger partial charge in [0.15, 0.2) is 0 Å². The van der Waals surface area contributed by atoms with E-state index in [-0.39, 0.29) is 5.75 Å². The zero-order chi connectivity index (χ0) is 21.2. The maximum Gasteiger partial charge on any atom is 0.146 e. The normalized spacial score (nSPS) is 16.3. The van der Waals surface area contributed by atoms with E-state index in [1.165, 1.54) is 47.6 Å². The monoisotopic (exact) mass is 432 g/mol. The van der Waals surface area contributed by atoms with Gasteiger partial charge in [-0.25, -0.2) is 4.99 Å². The van der Waals surface area contributed by atoms with Crippen molar-refractivity contribution in [3.05, 3.63) is 65.0 Å². The van der Waals surface area contributed by atoms with Gasteiger partial charge in [-0.15, -0.1) is 11.3 Å². The van der Waals surface area contributed by atoms with Crippen LogP contribution in [0, 0.1) is 0 Å². The highest BCUT2D eigenvalue weighted by Crippen LogP contribution is 2.39. The Morgan fingerprint density at radius 2 is 1.90 bits per heavy atom. The Kier molecular flexibility index (Phi) is 5.66. The summed E-state index contributed by atoms with van der Waals surface area (Å²) in [6.07, 6.45) is 3.79. The van der Waals surface area contributed by atoms with E-state index in [0.29, 0.717) is 6.67 Å². The van der Waals surface area contributed by atoms with Crippen molar-refractivity contribution in [2.45, 2.75) is 19.3 Å². The molecule has 5 rings (SSSR count). The molecule has 2 N–H and O–H groups in total. The molecule has 3 heterocycles. The Morgan fingerprint density at radius 1 is 1.06 bits per heavy atom. The van der Waals surface area contributed by atoms with Crippen molar-refractivity contribution >= 4 is 28.5 Å². The number of hydrogen-bond donors (Lipinski definition) is 2. The van der Waals surface area contributed by atoms with Gasteiger partial charge in [0.05, 0.1) is 10.6 Å². The third kappa shape index (κ3) is 4.45. The maximum atomic E-state index is 9.78. The molecule has 0 amide bonds. The van der Waals surface area contributed by atoms with Gasteiger partial charge < -0.3 is 20.2 Å². The number of nitrogens with one attached hydrogen (secondary N) is 1. The van der Waals surface area contributed by atoms with E-state index in [9.17, 15) is 5.11 Å². The predicted octanol–water partition coefficient (Wildman–Crippen LogP) is 5.03. The molecule has 0 spiro atoms. The number of phenolic OH excluding ortho intramolecular Hbond substituents is 1. The minimum Gasteiger partial charge on any atom is -0.508 e. The van der Waals surface area contributed by atoms with Crippen LogP contribution in [0.3, 0.4) is 0 Å². The first-order chi connectivity index (χ1) is 15.2. The van der Waals surface area contributed by atoms with Crippen molar-refractivity contribution in [2.75, 3.05) is 43.6 Å². The van der Waals surface area contributed by atoms with Gasteiger partial charge in [-0.05, 0) is 61.7 Å². The first-order valence-corrected chi connectivity index (χ1v) is 11.7. The minimum absolute atomic E-state index is 0.247. The summed E-state index contributed by atoms with van der Waals surface area (Å²) in [6, 6.07) is 18.4. The average molecular weight is 433 g/mol. The SMILES string of the molecule is CN1CN=C(Nc2cccc(O)c2)c2sc(-c3cccc(CCN4CCCC4)c3)cc21. The fourth-order valence-corrected chi connectivity index (χ4v) is 5.46. The second-order valence-electron chi connectivity index (χ2n) is 8.35. The zero-order valence-electron chi connectivity index (χ0n) is 17.8. The van der Waals surface area contributed by atoms with E-state index in [1.807, 2.05) is 12.1 Å². The Hall–Kier alpha value is -2.83. The predicted molar refractivity (Wildman–Crippen MR) is 131 cm³/mol. The molecule has 2 aliphatic heterocycles. The summed E-state index contributed by atoms with van der Waals surface area (Å²) < 4.78 is 0. The standard InChI is InChI=1S/C25H28N4OS/c1-28-17-26-25(27-20-8-5-9-21(30)15-20)24-22(28)16-23(31-24)19-7-4-6-18(14-19)10-13-29-11-2-3-12-29/h4-9,14-16,30H,2-3,10-13,17H2,1H3,(H,26,27). The van der Waals surface area contributed by atoms with Crippen LogP contribution in [0.2, 0.25) is 0 Å². The van der Waals surface area contributed by atoms with E-state index < -0.39 is 0 Å². The molecule has 160 valence electrons. The Morgan fingerprint density at radius 3 is 2.74 bits per heavy atom. The lowest BCUT2D eigenvalue weighted by Crippen LogP contribution is -2.27. The molecule has 0 radical (unpaired) electrons.